The highest BCUT2D eigenvalue weighted by molar-refractivity contribution is 4.86. The molecule has 1 atom stereocenters. The first kappa shape index (κ1) is 13.1. The zero-order valence-corrected chi connectivity index (χ0v) is 10.4. The third-order valence-corrected chi connectivity index (χ3v) is 2.51. The molecule has 1 aromatic heterocycles. The van der Waals surface area contributed by atoms with Crippen molar-refractivity contribution in [1.29, 1.82) is 0 Å². The van der Waals surface area contributed by atoms with Gasteiger partial charge in [-0.15, -0.1) is 0 Å². The lowest BCUT2D eigenvalue weighted by atomic mass is 10.2. The maximum absolute atomic E-state index is 5.07. The van der Waals surface area contributed by atoms with Crippen LogP contribution in [0.2, 0.25) is 0 Å². The second kappa shape index (κ2) is 7.35. The Labute approximate surface area is 97.2 Å². The molecular formula is C11H22N4O. The van der Waals surface area contributed by atoms with E-state index in [2.05, 4.69) is 29.2 Å². The second-order valence-electron chi connectivity index (χ2n) is 3.93. The third-order valence-electron chi connectivity index (χ3n) is 2.51. The number of rotatable bonds is 8. The van der Waals surface area contributed by atoms with Gasteiger partial charge in [-0.3, -0.25) is 0 Å². The predicted octanol–water partition coefficient (Wildman–Crippen LogP) is 1.38. The first-order valence-electron chi connectivity index (χ1n) is 5.87. The summed E-state index contributed by atoms with van der Waals surface area (Å²) < 4.78 is 7.05. The summed E-state index contributed by atoms with van der Waals surface area (Å²) in [4.78, 5) is 4.27. The van der Waals surface area contributed by atoms with Gasteiger partial charge in [0.2, 0.25) is 0 Å². The van der Waals surface area contributed by atoms with Crippen LogP contribution in [0.1, 0.15) is 38.6 Å². The molecule has 1 unspecified atom stereocenters. The molecule has 0 amide bonds. The quantitative estimate of drug-likeness (QED) is 0.680. The first-order valence-corrected chi connectivity index (χ1v) is 5.87. The van der Waals surface area contributed by atoms with E-state index < -0.39 is 0 Å². The summed E-state index contributed by atoms with van der Waals surface area (Å²) in [5, 5.41) is 7.59. The Morgan fingerprint density at radius 3 is 3.06 bits per heavy atom. The molecule has 0 radical (unpaired) electrons. The highest BCUT2D eigenvalue weighted by atomic mass is 16.5. The van der Waals surface area contributed by atoms with Gasteiger partial charge in [-0.25, -0.2) is 9.67 Å². The molecule has 0 aliphatic rings. The van der Waals surface area contributed by atoms with E-state index in [1.165, 1.54) is 0 Å². The molecule has 5 nitrogen and oxygen atoms in total. The average molecular weight is 226 g/mol. The second-order valence-corrected chi connectivity index (χ2v) is 3.93. The normalized spacial score (nSPS) is 12.9. The molecule has 0 aromatic carbocycles. The topological polar surface area (TPSA) is 52.0 Å². The van der Waals surface area contributed by atoms with E-state index in [1.54, 1.807) is 13.4 Å². The third kappa shape index (κ3) is 3.90. The predicted molar refractivity (Wildman–Crippen MR) is 63.2 cm³/mol. The number of nitrogens with one attached hydrogen (secondary N) is 1. The number of aromatic nitrogens is 3. The lowest BCUT2D eigenvalue weighted by Crippen LogP contribution is -2.20. The Balaban J connectivity index is 2.48. The molecular weight excluding hydrogens is 204 g/mol. The van der Waals surface area contributed by atoms with E-state index in [0.29, 0.717) is 6.04 Å². The Kier molecular flexibility index (Phi) is 6.03. The lowest BCUT2D eigenvalue weighted by Gasteiger charge is -2.14. The number of hydrogen-bond acceptors (Lipinski definition) is 4. The fourth-order valence-electron chi connectivity index (χ4n) is 1.56. The molecule has 1 aromatic rings. The molecule has 0 spiro atoms. The van der Waals surface area contributed by atoms with Gasteiger partial charge in [0.05, 0.1) is 12.6 Å². The van der Waals surface area contributed by atoms with Crippen molar-refractivity contribution in [2.24, 2.45) is 0 Å². The van der Waals surface area contributed by atoms with E-state index in [9.17, 15) is 0 Å². The summed E-state index contributed by atoms with van der Waals surface area (Å²) >= 11 is 0. The largest absolute Gasteiger partial charge is 0.385 e. The standard InChI is InChI=1S/C11H22N4O/c1-4-6-12-8-11-13-9-14-15(11)10(2)5-7-16-3/h9-10,12H,4-8H2,1-3H3. The highest BCUT2D eigenvalue weighted by Gasteiger charge is 2.10. The van der Waals surface area contributed by atoms with Crippen LogP contribution in [0, 0.1) is 0 Å². The van der Waals surface area contributed by atoms with Crippen molar-refractivity contribution in [3.63, 3.8) is 0 Å². The van der Waals surface area contributed by atoms with Crippen LogP contribution in [0.4, 0.5) is 0 Å². The molecule has 0 aliphatic heterocycles. The summed E-state index contributed by atoms with van der Waals surface area (Å²) in [6.45, 7) is 6.84. The smallest absolute Gasteiger partial charge is 0.141 e. The Morgan fingerprint density at radius 1 is 1.56 bits per heavy atom. The van der Waals surface area contributed by atoms with Gasteiger partial charge in [0.25, 0.3) is 0 Å². The summed E-state index contributed by atoms with van der Waals surface area (Å²) in [5.74, 6) is 0.997. The minimum atomic E-state index is 0.334. The molecule has 0 saturated heterocycles. The van der Waals surface area contributed by atoms with Gasteiger partial charge in [-0.1, -0.05) is 6.92 Å². The van der Waals surface area contributed by atoms with E-state index in [-0.39, 0.29) is 0 Å². The van der Waals surface area contributed by atoms with Crippen LogP contribution in [-0.2, 0) is 11.3 Å². The average Bonchev–Trinajstić information content (AvgIpc) is 2.74. The van der Waals surface area contributed by atoms with Crippen molar-refractivity contribution in [3.8, 4) is 0 Å². The fourth-order valence-corrected chi connectivity index (χ4v) is 1.56. The summed E-state index contributed by atoms with van der Waals surface area (Å²) in [6, 6.07) is 0.334. The molecule has 1 heterocycles. The van der Waals surface area contributed by atoms with Crippen LogP contribution >= 0.6 is 0 Å². The molecule has 92 valence electrons. The maximum atomic E-state index is 5.07. The summed E-state index contributed by atoms with van der Waals surface area (Å²) in [6.07, 6.45) is 3.71. The molecule has 5 heteroatoms. The van der Waals surface area contributed by atoms with Crippen molar-refractivity contribution in [1.82, 2.24) is 20.1 Å². The van der Waals surface area contributed by atoms with Crippen LogP contribution in [-0.4, -0.2) is 35.0 Å². The van der Waals surface area contributed by atoms with Crippen LogP contribution in [0.3, 0.4) is 0 Å². The Morgan fingerprint density at radius 2 is 2.38 bits per heavy atom. The van der Waals surface area contributed by atoms with Gasteiger partial charge in [0.1, 0.15) is 12.2 Å². The van der Waals surface area contributed by atoms with Crippen LogP contribution in [0.25, 0.3) is 0 Å². The Bertz CT molecular complexity index is 287. The summed E-state index contributed by atoms with van der Waals surface area (Å²) in [7, 11) is 1.72. The van der Waals surface area contributed by atoms with Crippen molar-refractivity contribution in [2.75, 3.05) is 20.3 Å². The highest BCUT2D eigenvalue weighted by Crippen LogP contribution is 2.10. The zero-order valence-electron chi connectivity index (χ0n) is 10.4. The van der Waals surface area contributed by atoms with E-state index in [1.807, 2.05) is 4.68 Å². The molecule has 1 rings (SSSR count). The molecule has 16 heavy (non-hydrogen) atoms. The van der Waals surface area contributed by atoms with Crippen molar-refractivity contribution in [2.45, 2.75) is 39.3 Å². The van der Waals surface area contributed by atoms with Crippen LogP contribution in [0.5, 0.6) is 0 Å². The minimum Gasteiger partial charge on any atom is -0.385 e. The minimum absolute atomic E-state index is 0.334. The summed E-state index contributed by atoms with van der Waals surface area (Å²) in [5.41, 5.74) is 0. The number of methoxy groups -OCH3 is 1. The molecule has 0 saturated carbocycles. The van der Waals surface area contributed by atoms with Crippen LogP contribution in [0.15, 0.2) is 6.33 Å². The van der Waals surface area contributed by atoms with Crippen molar-refractivity contribution < 1.29 is 4.74 Å². The lowest BCUT2D eigenvalue weighted by molar-refractivity contribution is 0.178. The van der Waals surface area contributed by atoms with Gasteiger partial charge >= 0.3 is 0 Å². The number of ether oxygens (including phenoxy) is 1. The number of hydrogen-bond donors (Lipinski definition) is 1. The molecule has 0 bridgehead atoms. The van der Waals surface area contributed by atoms with Gasteiger partial charge in [-0.2, -0.15) is 5.10 Å². The molecule has 1 N–H and O–H groups in total. The van der Waals surface area contributed by atoms with E-state index >= 15 is 0 Å². The van der Waals surface area contributed by atoms with Gasteiger partial charge in [0, 0.05) is 13.7 Å². The van der Waals surface area contributed by atoms with Crippen molar-refractivity contribution in [3.05, 3.63) is 12.2 Å². The van der Waals surface area contributed by atoms with Gasteiger partial charge in [0.15, 0.2) is 0 Å². The first-order chi connectivity index (χ1) is 7.79. The Hall–Kier alpha value is -0.940. The van der Waals surface area contributed by atoms with Crippen LogP contribution < -0.4 is 5.32 Å². The SMILES string of the molecule is CCCNCc1ncnn1C(C)CCOC. The monoisotopic (exact) mass is 226 g/mol. The number of nitrogens with zero attached hydrogens (tertiary/aromatic N) is 3. The maximum Gasteiger partial charge on any atom is 0.141 e. The van der Waals surface area contributed by atoms with Gasteiger partial charge < -0.3 is 10.1 Å². The molecule has 0 aliphatic carbocycles. The van der Waals surface area contributed by atoms with Gasteiger partial charge in [-0.05, 0) is 26.3 Å². The van der Waals surface area contributed by atoms with E-state index in [0.717, 1.165) is 38.4 Å². The van der Waals surface area contributed by atoms with Crippen molar-refractivity contribution >= 4 is 0 Å². The fraction of sp³-hybridized carbons (Fsp3) is 0.818. The van der Waals surface area contributed by atoms with E-state index in [4.69, 9.17) is 4.74 Å². The zero-order chi connectivity index (χ0) is 11.8. The molecule has 0 fully saturated rings.